The van der Waals surface area contributed by atoms with E-state index in [1.807, 2.05) is 17.5 Å². The summed E-state index contributed by atoms with van der Waals surface area (Å²) in [4.78, 5) is 15.1. The predicted octanol–water partition coefficient (Wildman–Crippen LogP) is 3.15. The molecule has 1 fully saturated rings. The highest BCUT2D eigenvalue weighted by molar-refractivity contribution is 7.12. The topological polar surface area (TPSA) is 20.3 Å². The number of likely N-dealkylation sites (tertiary alicyclic amines) is 1. The van der Waals surface area contributed by atoms with Crippen molar-refractivity contribution >= 4 is 17.2 Å². The third kappa shape index (κ3) is 2.07. The van der Waals surface area contributed by atoms with Gasteiger partial charge >= 0.3 is 0 Å². The van der Waals surface area contributed by atoms with Crippen LogP contribution in [0.1, 0.15) is 42.8 Å². The average molecular weight is 223 g/mol. The van der Waals surface area contributed by atoms with E-state index in [4.69, 9.17) is 0 Å². The molecular formula is C12H17NOS. The van der Waals surface area contributed by atoms with Crippen LogP contribution in [0.4, 0.5) is 0 Å². The minimum absolute atomic E-state index is 0.213. The maximum Gasteiger partial charge on any atom is 0.264 e. The molecule has 0 bridgehead atoms. The van der Waals surface area contributed by atoms with Gasteiger partial charge in [0.2, 0.25) is 0 Å². The molecule has 3 heteroatoms. The van der Waals surface area contributed by atoms with Crippen LogP contribution in [-0.4, -0.2) is 22.9 Å². The van der Waals surface area contributed by atoms with Gasteiger partial charge in [-0.05, 0) is 44.6 Å². The molecule has 0 spiro atoms. The van der Waals surface area contributed by atoms with E-state index in [2.05, 4.69) is 18.7 Å². The van der Waals surface area contributed by atoms with Gasteiger partial charge in [-0.3, -0.25) is 4.79 Å². The van der Waals surface area contributed by atoms with Gasteiger partial charge < -0.3 is 4.90 Å². The summed E-state index contributed by atoms with van der Waals surface area (Å²) in [5.41, 5.74) is 0. The van der Waals surface area contributed by atoms with Crippen molar-refractivity contribution in [1.29, 1.82) is 0 Å². The summed E-state index contributed by atoms with van der Waals surface area (Å²) < 4.78 is 0. The van der Waals surface area contributed by atoms with Crippen molar-refractivity contribution in [3.63, 3.8) is 0 Å². The molecule has 2 rings (SSSR count). The molecule has 2 atom stereocenters. The molecule has 15 heavy (non-hydrogen) atoms. The molecule has 0 saturated carbocycles. The largest absolute Gasteiger partial charge is 0.333 e. The molecule has 0 unspecified atom stereocenters. The standard InChI is InChI=1S/C12H17NOS/c1-9-5-3-6-10(2)13(9)12(14)11-7-4-8-15-11/h4,7-10H,3,5-6H2,1-2H3/t9-,10-/m1/s1. The van der Waals surface area contributed by atoms with Gasteiger partial charge in [0.25, 0.3) is 5.91 Å². The normalized spacial score (nSPS) is 26.7. The highest BCUT2D eigenvalue weighted by atomic mass is 32.1. The SMILES string of the molecule is C[C@@H]1CCC[C@@H](C)N1C(=O)c1cccs1. The predicted molar refractivity (Wildman–Crippen MR) is 63.3 cm³/mol. The summed E-state index contributed by atoms with van der Waals surface area (Å²) in [5.74, 6) is 0.213. The van der Waals surface area contributed by atoms with Crippen molar-refractivity contribution in [3.05, 3.63) is 22.4 Å². The van der Waals surface area contributed by atoms with Crippen LogP contribution in [0.5, 0.6) is 0 Å². The van der Waals surface area contributed by atoms with Crippen molar-refractivity contribution in [1.82, 2.24) is 4.90 Å². The van der Waals surface area contributed by atoms with Crippen LogP contribution in [0.25, 0.3) is 0 Å². The molecule has 0 aliphatic carbocycles. The second-order valence-electron chi connectivity index (χ2n) is 4.32. The van der Waals surface area contributed by atoms with Crippen LogP contribution in [0, 0.1) is 0 Å². The van der Waals surface area contributed by atoms with Gasteiger partial charge in [0.05, 0.1) is 4.88 Å². The van der Waals surface area contributed by atoms with Gasteiger partial charge in [-0.1, -0.05) is 6.07 Å². The fraction of sp³-hybridized carbons (Fsp3) is 0.583. The Labute approximate surface area is 94.9 Å². The number of amides is 1. The highest BCUT2D eigenvalue weighted by Crippen LogP contribution is 2.25. The van der Waals surface area contributed by atoms with Crippen molar-refractivity contribution in [2.24, 2.45) is 0 Å². The van der Waals surface area contributed by atoms with E-state index in [1.165, 1.54) is 17.8 Å². The fourth-order valence-electron chi connectivity index (χ4n) is 2.35. The summed E-state index contributed by atoms with van der Waals surface area (Å²) in [7, 11) is 0. The summed E-state index contributed by atoms with van der Waals surface area (Å²) in [6.45, 7) is 4.31. The number of carbonyl (C=O) groups excluding carboxylic acids is 1. The number of hydrogen-bond donors (Lipinski definition) is 0. The Morgan fingerprint density at radius 1 is 1.40 bits per heavy atom. The molecule has 1 aliphatic rings. The zero-order chi connectivity index (χ0) is 10.8. The smallest absolute Gasteiger partial charge is 0.264 e. The van der Waals surface area contributed by atoms with Crippen LogP contribution in [0.2, 0.25) is 0 Å². The molecule has 0 radical (unpaired) electrons. The summed E-state index contributed by atoms with van der Waals surface area (Å²) >= 11 is 1.54. The zero-order valence-electron chi connectivity index (χ0n) is 9.27. The first kappa shape index (κ1) is 10.7. The van der Waals surface area contributed by atoms with Crippen LogP contribution in [0.15, 0.2) is 17.5 Å². The van der Waals surface area contributed by atoms with Gasteiger partial charge in [0, 0.05) is 12.1 Å². The van der Waals surface area contributed by atoms with Gasteiger partial charge in [0.1, 0.15) is 0 Å². The van der Waals surface area contributed by atoms with Crippen LogP contribution >= 0.6 is 11.3 Å². The average Bonchev–Trinajstić information content (AvgIpc) is 2.69. The molecule has 1 aromatic rings. The monoisotopic (exact) mass is 223 g/mol. The lowest BCUT2D eigenvalue weighted by atomic mass is 9.97. The first-order chi connectivity index (χ1) is 7.20. The summed E-state index contributed by atoms with van der Waals surface area (Å²) in [6, 6.07) is 4.64. The molecule has 2 heterocycles. The third-order valence-corrected chi connectivity index (χ3v) is 4.02. The van der Waals surface area contributed by atoms with E-state index in [0.717, 1.165) is 17.7 Å². The molecule has 1 aliphatic heterocycles. The number of hydrogen-bond acceptors (Lipinski definition) is 2. The maximum absolute atomic E-state index is 12.2. The molecule has 1 amide bonds. The lowest BCUT2D eigenvalue weighted by Crippen LogP contribution is -2.47. The lowest BCUT2D eigenvalue weighted by molar-refractivity contribution is 0.0516. The van der Waals surface area contributed by atoms with Crippen molar-refractivity contribution in [2.75, 3.05) is 0 Å². The number of carbonyl (C=O) groups is 1. The Bertz CT molecular complexity index is 323. The summed E-state index contributed by atoms with van der Waals surface area (Å²) in [5, 5.41) is 1.96. The second kappa shape index (κ2) is 4.35. The maximum atomic E-state index is 12.2. The first-order valence-electron chi connectivity index (χ1n) is 5.56. The van der Waals surface area contributed by atoms with E-state index in [1.54, 1.807) is 0 Å². The van der Waals surface area contributed by atoms with Crippen LogP contribution < -0.4 is 0 Å². The number of thiophene rings is 1. The Hall–Kier alpha value is -0.830. The Kier molecular flexibility index (Phi) is 3.10. The quantitative estimate of drug-likeness (QED) is 0.716. The van der Waals surface area contributed by atoms with E-state index in [0.29, 0.717) is 12.1 Å². The number of piperidine rings is 1. The Morgan fingerprint density at radius 2 is 2.07 bits per heavy atom. The van der Waals surface area contributed by atoms with Crippen molar-refractivity contribution < 1.29 is 4.79 Å². The van der Waals surface area contributed by atoms with Gasteiger partial charge in [-0.2, -0.15) is 0 Å². The van der Waals surface area contributed by atoms with Crippen molar-refractivity contribution in [3.8, 4) is 0 Å². The lowest BCUT2D eigenvalue weighted by Gasteiger charge is -2.38. The number of rotatable bonds is 1. The molecule has 2 nitrogen and oxygen atoms in total. The molecule has 0 N–H and O–H groups in total. The fourth-order valence-corrected chi connectivity index (χ4v) is 3.02. The van der Waals surface area contributed by atoms with E-state index < -0.39 is 0 Å². The van der Waals surface area contributed by atoms with E-state index >= 15 is 0 Å². The molecular weight excluding hydrogens is 206 g/mol. The van der Waals surface area contributed by atoms with Gasteiger partial charge in [-0.15, -0.1) is 11.3 Å². The molecule has 1 saturated heterocycles. The molecule has 82 valence electrons. The highest BCUT2D eigenvalue weighted by Gasteiger charge is 2.29. The van der Waals surface area contributed by atoms with Gasteiger partial charge in [-0.25, -0.2) is 0 Å². The van der Waals surface area contributed by atoms with Crippen LogP contribution in [0.3, 0.4) is 0 Å². The number of nitrogens with zero attached hydrogens (tertiary/aromatic N) is 1. The zero-order valence-corrected chi connectivity index (χ0v) is 10.1. The molecule has 0 aromatic carbocycles. The molecule has 1 aromatic heterocycles. The van der Waals surface area contributed by atoms with E-state index in [9.17, 15) is 4.79 Å². The van der Waals surface area contributed by atoms with E-state index in [-0.39, 0.29) is 5.91 Å². The minimum Gasteiger partial charge on any atom is -0.333 e. The Balaban J connectivity index is 2.17. The second-order valence-corrected chi connectivity index (χ2v) is 5.27. The van der Waals surface area contributed by atoms with Gasteiger partial charge in [0.15, 0.2) is 0 Å². The Morgan fingerprint density at radius 3 is 2.60 bits per heavy atom. The first-order valence-corrected chi connectivity index (χ1v) is 6.44. The minimum atomic E-state index is 0.213. The van der Waals surface area contributed by atoms with Crippen molar-refractivity contribution in [2.45, 2.75) is 45.2 Å². The summed E-state index contributed by atoms with van der Waals surface area (Å²) in [6.07, 6.45) is 3.53. The van der Waals surface area contributed by atoms with Crippen LogP contribution in [-0.2, 0) is 0 Å². The third-order valence-electron chi connectivity index (χ3n) is 3.16.